The molecule has 0 spiro atoms. The zero-order valence-electron chi connectivity index (χ0n) is 7.64. The molecule has 0 saturated carbocycles. The molecule has 0 bridgehead atoms. The fraction of sp³-hybridized carbons (Fsp3) is 0.400. The number of aliphatic hydroxyl groups is 1. The molecule has 0 aliphatic rings. The molecule has 0 aromatic heterocycles. The Hall–Kier alpha value is -0.120. The van der Waals surface area contributed by atoms with Crippen molar-refractivity contribution >= 4 is 21.6 Å². The fourth-order valence-electron chi connectivity index (χ4n) is 0.996. The van der Waals surface area contributed by atoms with Crippen molar-refractivity contribution in [3.05, 3.63) is 35.9 Å². The average Bonchev–Trinajstić information content (AvgIpc) is 2.16. The summed E-state index contributed by atoms with van der Waals surface area (Å²) in [5.74, 6) is 1.04. The van der Waals surface area contributed by atoms with Gasteiger partial charge in [0.05, 0.1) is 0 Å². The summed E-state index contributed by atoms with van der Waals surface area (Å²) >= 11 is 0. The van der Waals surface area contributed by atoms with E-state index in [1.807, 2.05) is 30.3 Å². The molecule has 72 valence electrons. The third kappa shape index (κ3) is 4.60. The Balaban J connectivity index is 2.32. The van der Waals surface area contributed by atoms with Crippen LogP contribution in [0.4, 0.5) is 0 Å². The first-order valence-electron chi connectivity index (χ1n) is 4.33. The second-order valence-electron chi connectivity index (χ2n) is 2.65. The molecule has 1 atom stereocenters. The normalized spacial score (nSPS) is 12.8. The molecule has 0 heterocycles. The minimum Gasteiger partial charge on any atom is -0.381 e. The van der Waals surface area contributed by atoms with Gasteiger partial charge in [-0.25, -0.2) is 0 Å². The monoisotopic (exact) mass is 214 g/mol. The molecular formula is C10H14OS2. The van der Waals surface area contributed by atoms with Gasteiger partial charge in [-0.2, -0.15) is 0 Å². The molecule has 3 heteroatoms. The Morgan fingerprint density at radius 2 is 2.00 bits per heavy atom. The highest BCUT2D eigenvalue weighted by molar-refractivity contribution is 8.76. The molecule has 0 fully saturated rings. The largest absolute Gasteiger partial charge is 0.381 e. The molecule has 1 nitrogen and oxygen atoms in total. The molecule has 1 aromatic rings. The number of hydrogen-bond donors (Lipinski definition) is 1. The van der Waals surface area contributed by atoms with Crippen LogP contribution in [0, 0.1) is 0 Å². The lowest BCUT2D eigenvalue weighted by atomic mass is 10.2. The van der Waals surface area contributed by atoms with Crippen molar-refractivity contribution in [1.29, 1.82) is 0 Å². The summed E-state index contributed by atoms with van der Waals surface area (Å²) in [6.45, 7) is 2.09. The number of hydrogen-bond acceptors (Lipinski definition) is 3. The van der Waals surface area contributed by atoms with Crippen LogP contribution >= 0.6 is 21.6 Å². The Labute approximate surface area is 87.3 Å². The van der Waals surface area contributed by atoms with E-state index in [2.05, 4.69) is 6.92 Å². The van der Waals surface area contributed by atoms with E-state index in [-0.39, 0.29) is 5.44 Å². The lowest BCUT2D eigenvalue weighted by molar-refractivity contribution is 0.266. The molecule has 0 aliphatic heterocycles. The molecule has 1 rings (SSSR count). The Kier molecular flexibility index (Phi) is 5.35. The predicted octanol–water partition coefficient (Wildman–Crippen LogP) is 2.95. The highest BCUT2D eigenvalue weighted by Gasteiger charge is 2.04. The summed E-state index contributed by atoms with van der Waals surface area (Å²) in [6.07, 6.45) is 0.735. The van der Waals surface area contributed by atoms with E-state index in [4.69, 9.17) is 0 Å². The third-order valence-electron chi connectivity index (χ3n) is 1.55. The number of rotatable bonds is 5. The first-order chi connectivity index (χ1) is 6.33. The molecule has 1 aromatic carbocycles. The maximum Gasteiger partial charge on any atom is 0.113 e. The molecule has 0 aliphatic carbocycles. The Bertz CT molecular complexity index is 226. The molecular weight excluding hydrogens is 200 g/mol. The lowest BCUT2D eigenvalue weighted by Gasteiger charge is -2.08. The van der Waals surface area contributed by atoms with Crippen molar-refractivity contribution in [2.45, 2.75) is 18.8 Å². The maximum atomic E-state index is 9.58. The topological polar surface area (TPSA) is 20.2 Å². The summed E-state index contributed by atoms with van der Waals surface area (Å²) in [5, 5.41) is 9.58. The average molecular weight is 214 g/mol. The van der Waals surface area contributed by atoms with Gasteiger partial charge in [-0.05, 0) is 5.56 Å². The van der Waals surface area contributed by atoms with Gasteiger partial charge < -0.3 is 5.11 Å². The van der Waals surface area contributed by atoms with Crippen LogP contribution in [0.25, 0.3) is 0 Å². The lowest BCUT2D eigenvalue weighted by Crippen LogP contribution is -2.03. The summed E-state index contributed by atoms with van der Waals surface area (Å²) in [4.78, 5) is 0. The van der Waals surface area contributed by atoms with E-state index in [1.165, 1.54) is 5.56 Å². The minimum atomic E-state index is -0.285. The standard InChI is InChI=1S/C10H14OS2/c1-2-12-13-10(11)8-9-6-4-3-5-7-9/h3-7,10-11H,2,8H2,1H3. The zero-order valence-corrected chi connectivity index (χ0v) is 9.28. The van der Waals surface area contributed by atoms with Crippen molar-refractivity contribution in [2.24, 2.45) is 0 Å². The van der Waals surface area contributed by atoms with E-state index in [9.17, 15) is 5.11 Å². The minimum absolute atomic E-state index is 0.285. The molecule has 0 amide bonds. The van der Waals surface area contributed by atoms with Gasteiger partial charge in [0, 0.05) is 12.2 Å². The van der Waals surface area contributed by atoms with Crippen molar-refractivity contribution < 1.29 is 5.11 Å². The first-order valence-corrected chi connectivity index (χ1v) is 6.71. The van der Waals surface area contributed by atoms with Gasteiger partial charge >= 0.3 is 0 Å². The van der Waals surface area contributed by atoms with Gasteiger partial charge in [0.1, 0.15) is 5.44 Å². The van der Waals surface area contributed by atoms with Crippen molar-refractivity contribution in [2.75, 3.05) is 5.75 Å². The van der Waals surface area contributed by atoms with Crippen LogP contribution in [0.3, 0.4) is 0 Å². The number of benzene rings is 1. The van der Waals surface area contributed by atoms with Gasteiger partial charge in [0.15, 0.2) is 0 Å². The van der Waals surface area contributed by atoms with Crippen LogP contribution < -0.4 is 0 Å². The van der Waals surface area contributed by atoms with E-state index in [1.54, 1.807) is 21.6 Å². The second-order valence-corrected chi connectivity index (χ2v) is 5.48. The van der Waals surface area contributed by atoms with Gasteiger partial charge in [-0.1, -0.05) is 58.8 Å². The first kappa shape index (κ1) is 11.0. The zero-order chi connectivity index (χ0) is 9.52. The van der Waals surface area contributed by atoms with Gasteiger partial charge in [0.2, 0.25) is 0 Å². The smallest absolute Gasteiger partial charge is 0.113 e. The quantitative estimate of drug-likeness (QED) is 0.601. The van der Waals surface area contributed by atoms with Crippen LogP contribution in [-0.4, -0.2) is 16.3 Å². The third-order valence-corrected chi connectivity index (χ3v) is 4.09. The van der Waals surface area contributed by atoms with E-state index in [0.717, 1.165) is 12.2 Å². The van der Waals surface area contributed by atoms with Crippen molar-refractivity contribution in [1.82, 2.24) is 0 Å². The second kappa shape index (κ2) is 6.35. The summed E-state index contributed by atoms with van der Waals surface area (Å²) < 4.78 is 0. The van der Waals surface area contributed by atoms with E-state index >= 15 is 0 Å². The number of aliphatic hydroxyl groups excluding tert-OH is 1. The van der Waals surface area contributed by atoms with E-state index in [0.29, 0.717) is 0 Å². The van der Waals surface area contributed by atoms with Gasteiger partial charge in [-0.15, -0.1) is 0 Å². The van der Waals surface area contributed by atoms with Crippen molar-refractivity contribution in [3.8, 4) is 0 Å². The van der Waals surface area contributed by atoms with Gasteiger partial charge in [-0.3, -0.25) is 0 Å². The van der Waals surface area contributed by atoms with Crippen LogP contribution in [0.1, 0.15) is 12.5 Å². The SMILES string of the molecule is CCSSC(O)Cc1ccccc1. The molecule has 1 unspecified atom stereocenters. The summed E-state index contributed by atoms with van der Waals surface area (Å²) in [7, 11) is 3.25. The van der Waals surface area contributed by atoms with Crippen LogP contribution in [0.2, 0.25) is 0 Å². The Morgan fingerprint density at radius 3 is 2.62 bits per heavy atom. The predicted molar refractivity (Wildman–Crippen MR) is 61.9 cm³/mol. The molecule has 1 N–H and O–H groups in total. The van der Waals surface area contributed by atoms with Crippen LogP contribution in [-0.2, 0) is 6.42 Å². The molecule has 13 heavy (non-hydrogen) atoms. The summed E-state index contributed by atoms with van der Waals surface area (Å²) in [6, 6.07) is 10.1. The summed E-state index contributed by atoms with van der Waals surface area (Å²) in [5.41, 5.74) is 0.909. The molecule has 0 radical (unpaired) electrons. The van der Waals surface area contributed by atoms with Crippen LogP contribution in [0.15, 0.2) is 30.3 Å². The van der Waals surface area contributed by atoms with Crippen molar-refractivity contribution in [3.63, 3.8) is 0 Å². The van der Waals surface area contributed by atoms with E-state index < -0.39 is 0 Å². The maximum absolute atomic E-state index is 9.58. The Morgan fingerprint density at radius 1 is 1.31 bits per heavy atom. The highest BCUT2D eigenvalue weighted by atomic mass is 33.1. The fourth-order valence-corrected chi connectivity index (χ4v) is 2.63. The highest BCUT2D eigenvalue weighted by Crippen LogP contribution is 2.26. The van der Waals surface area contributed by atoms with Gasteiger partial charge in [0.25, 0.3) is 0 Å². The molecule has 0 saturated heterocycles. The van der Waals surface area contributed by atoms with Crippen LogP contribution in [0.5, 0.6) is 0 Å².